The summed E-state index contributed by atoms with van der Waals surface area (Å²) >= 11 is 0. The first-order valence-electron chi connectivity index (χ1n) is 6.15. The van der Waals surface area contributed by atoms with E-state index in [-0.39, 0.29) is 11.3 Å². The second-order valence-electron chi connectivity index (χ2n) is 4.32. The predicted molar refractivity (Wildman–Crippen MR) is 73.7 cm³/mol. The van der Waals surface area contributed by atoms with Crippen molar-refractivity contribution in [3.05, 3.63) is 66.4 Å². The molecule has 2 aromatic heterocycles. The van der Waals surface area contributed by atoms with Crippen LogP contribution < -0.4 is 0 Å². The molecule has 0 radical (unpaired) electrons. The number of carboxylic acid groups (broad SMARTS) is 1. The number of aromatic nitrogens is 3. The van der Waals surface area contributed by atoms with Crippen molar-refractivity contribution < 1.29 is 14.3 Å². The zero-order valence-electron chi connectivity index (χ0n) is 10.8. The number of aromatic carboxylic acids is 1. The summed E-state index contributed by atoms with van der Waals surface area (Å²) in [6.45, 7) is 0. The maximum Gasteiger partial charge on any atom is 0.356 e. The van der Waals surface area contributed by atoms with E-state index in [0.29, 0.717) is 11.4 Å². The van der Waals surface area contributed by atoms with E-state index in [1.807, 2.05) is 0 Å². The topological polar surface area (TPSA) is 68.0 Å². The van der Waals surface area contributed by atoms with Crippen molar-refractivity contribution in [1.29, 1.82) is 0 Å². The Labute approximate surface area is 119 Å². The molecule has 0 aliphatic rings. The maximum absolute atomic E-state index is 14.0. The molecule has 3 rings (SSSR count). The third kappa shape index (κ3) is 2.38. The summed E-state index contributed by atoms with van der Waals surface area (Å²) in [5.74, 6) is -1.61. The Morgan fingerprint density at radius 1 is 1.14 bits per heavy atom. The zero-order valence-corrected chi connectivity index (χ0v) is 10.8. The van der Waals surface area contributed by atoms with E-state index < -0.39 is 11.8 Å². The van der Waals surface area contributed by atoms with Gasteiger partial charge in [-0.25, -0.2) is 13.9 Å². The van der Waals surface area contributed by atoms with Crippen LogP contribution in [0.2, 0.25) is 0 Å². The summed E-state index contributed by atoms with van der Waals surface area (Å²) < 4.78 is 15.4. The fraction of sp³-hybridized carbons (Fsp3) is 0. The van der Waals surface area contributed by atoms with E-state index in [1.165, 1.54) is 16.8 Å². The SMILES string of the molecule is O=C(O)c1cc(-c2ccccc2F)n(-c2ccncc2)n1. The van der Waals surface area contributed by atoms with Crippen LogP contribution in [0, 0.1) is 5.82 Å². The number of carboxylic acids is 1. The van der Waals surface area contributed by atoms with Crippen LogP contribution in [0.5, 0.6) is 0 Å². The summed E-state index contributed by atoms with van der Waals surface area (Å²) in [6.07, 6.45) is 3.12. The molecule has 0 bridgehead atoms. The molecule has 0 amide bonds. The molecule has 0 atom stereocenters. The van der Waals surface area contributed by atoms with Crippen molar-refractivity contribution in [2.45, 2.75) is 0 Å². The monoisotopic (exact) mass is 283 g/mol. The van der Waals surface area contributed by atoms with Gasteiger partial charge in [0.2, 0.25) is 0 Å². The lowest BCUT2D eigenvalue weighted by Gasteiger charge is -2.07. The highest BCUT2D eigenvalue weighted by Gasteiger charge is 2.17. The lowest BCUT2D eigenvalue weighted by molar-refractivity contribution is 0.0690. The van der Waals surface area contributed by atoms with Crippen LogP contribution in [0.4, 0.5) is 4.39 Å². The van der Waals surface area contributed by atoms with Gasteiger partial charge >= 0.3 is 5.97 Å². The average molecular weight is 283 g/mol. The fourth-order valence-electron chi connectivity index (χ4n) is 2.03. The lowest BCUT2D eigenvalue weighted by Crippen LogP contribution is -2.02. The molecule has 0 unspecified atom stereocenters. The molecule has 5 nitrogen and oxygen atoms in total. The van der Waals surface area contributed by atoms with E-state index >= 15 is 0 Å². The normalized spacial score (nSPS) is 10.5. The molecule has 2 heterocycles. The van der Waals surface area contributed by atoms with Crippen LogP contribution in [0.25, 0.3) is 16.9 Å². The first-order chi connectivity index (χ1) is 10.2. The standard InChI is InChI=1S/C15H10FN3O2/c16-12-4-2-1-3-11(12)14-9-13(15(20)21)18-19(14)10-5-7-17-8-6-10/h1-9H,(H,20,21). The highest BCUT2D eigenvalue weighted by atomic mass is 19.1. The molecule has 0 aliphatic carbocycles. The maximum atomic E-state index is 14.0. The molecule has 6 heteroatoms. The molecular formula is C15H10FN3O2. The number of pyridine rings is 1. The van der Waals surface area contributed by atoms with Crippen molar-refractivity contribution in [3.8, 4) is 16.9 Å². The van der Waals surface area contributed by atoms with Gasteiger partial charge in [-0.2, -0.15) is 5.10 Å². The van der Waals surface area contributed by atoms with E-state index in [9.17, 15) is 9.18 Å². The molecule has 1 aromatic carbocycles. The number of rotatable bonds is 3. The first kappa shape index (κ1) is 13.0. The number of benzene rings is 1. The summed E-state index contributed by atoms with van der Waals surface area (Å²) in [4.78, 5) is 15.0. The third-order valence-electron chi connectivity index (χ3n) is 2.99. The second-order valence-corrected chi connectivity index (χ2v) is 4.32. The van der Waals surface area contributed by atoms with Gasteiger partial charge in [0.25, 0.3) is 0 Å². The molecule has 21 heavy (non-hydrogen) atoms. The predicted octanol–water partition coefficient (Wildman–Crippen LogP) is 2.77. The van der Waals surface area contributed by atoms with E-state index in [1.54, 1.807) is 42.7 Å². The third-order valence-corrected chi connectivity index (χ3v) is 2.99. The fourth-order valence-corrected chi connectivity index (χ4v) is 2.03. The highest BCUT2D eigenvalue weighted by molar-refractivity contribution is 5.87. The summed E-state index contributed by atoms with van der Waals surface area (Å²) in [5.41, 5.74) is 1.12. The highest BCUT2D eigenvalue weighted by Crippen LogP contribution is 2.26. The Kier molecular flexibility index (Phi) is 3.19. The van der Waals surface area contributed by atoms with Crippen LogP contribution >= 0.6 is 0 Å². The Hall–Kier alpha value is -3.02. The molecule has 104 valence electrons. The van der Waals surface area contributed by atoms with Crippen LogP contribution in [-0.2, 0) is 0 Å². The quantitative estimate of drug-likeness (QED) is 0.802. The van der Waals surface area contributed by atoms with Gasteiger partial charge in [-0.15, -0.1) is 0 Å². The zero-order chi connectivity index (χ0) is 14.8. The number of carbonyl (C=O) groups is 1. The minimum absolute atomic E-state index is 0.148. The average Bonchev–Trinajstić information content (AvgIpc) is 2.94. The van der Waals surface area contributed by atoms with Gasteiger partial charge in [0, 0.05) is 18.0 Å². The van der Waals surface area contributed by atoms with Gasteiger partial charge in [0.1, 0.15) is 5.82 Å². The lowest BCUT2D eigenvalue weighted by atomic mass is 10.1. The van der Waals surface area contributed by atoms with Gasteiger partial charge in [0.15, 0.2) is 5.69 Å². The summed E-state index contributed by atoms with van der Waals surface area (Å²) in [5, 5.41) is 13.1. The molecular weight excluding hydrogens is 273 g/mol. The minimum Gasteiger partial charge on any atom is -0.476 e. The van der Waals surface area contributed by atoms with Gasteiger partial charge in [-0.3, -0.25) is 4.98 Å². The van der Waals surface area contributed by atoms with Crippen LogP contribution in [0.15, 0.2) is 54.9 Å². The van der Waals surface area contributed by atoms with Gasteiger partial charge in [0.05, 0.1) is 11.4 Å². The van der Waals surface area contributed by atoms with E-state index in [2.05, 4.69) is 10.1 Å². The Morgan fingerprint density at radius 2 is 1.86 bits per heavy atom. The van der Waals surface area contributed by atoms with Crippen LogP contribution in [0.1, 0.15) is 10.5 Å². The summed E-state index contributed by atoms with van der Waals surface area (Å²) in [7, 11) is 0. The van der Waals surface area contributed by atoms with Gasteiger partial charge < -0.3 is 5.11 Å². The molecule has 0 aliphatic heterocycles. The Bertz CT molecular complexity index is 800. The number of nitrogens with zero attached hydrogens (tertiary/aromatic N) is 3. The Morgan fingerprint density at radius 3 is 2.52 bits per heavy atom. The van der Waals surface area contributed by atoms with Gasteiger partial charge in [-0.05, 0) is 30.3 Å². The molecule has 0 saturated heterocycles. The Balaban J connectivity index is 2.24. The summed E-state index contributed by atoms with van der Waals surface area (Å²) in [6, 6.07) is 10.8. The minimum atomic E-state index is -1.17. The van der Waals surface area contributed by atoms with Crippen molar-refractivity contribution in [3.63, 3.8) is 0 Å². The smallest absolute Gasteiger partial charge is 0.356 e. The molecule has 0 spiro atoms. The van der Waals surface area contributed by atoms with Crippen molar-refractivity contribution in [2.24, 2.45) is 0 Å². The number of halogens is 1. The number of hydrogen-bond donors (Lipinski definition) is 1. The van der Waals surface area contributed by atoms with Crippen molar-refractivity contribution in [1.82, 2.24) is 14.8 Å². The number of hydrogen-bond acceptors (Lipinski definition) is 3. The first-order valence-corrected chi connectivity index (χ1v) is 6.15. The molecule has 3 aromatic rings. The van der Waals surface area contributed by atoms with Crippen molar-refractivity contribution in [2.75, 3.05) is 0 Å². The van der Waals surface area contributed by atoms with Crippen LogP contribution in [0.3, 0.4) is 0 Å². The van der Waals surface area contributed by atoms with Crippen LogP contribution in [-0.4, -0.2) is 25.8 Å². The van der Waals surface area contributed by atoms with Gasteiger partial charge in [-0.1, -0.05) is 12.1 Å². The van der Waals surface area contributed by atoms with E-state index in [0.717, 1.165) is 0 Å². The largest absolute Gasteiger partial charge is 0.476 e. The molecule has 0 fully saturated rings. The molecule has 0 saturated carbocycles. The second kappa shape index (κ2) is 5.16. The van der Waals surface area contributed by atoms with E-state index in [4.69, 9.17) is 5.11 Å². The van der Waals surface area contributed by atoms with Crippen molar-refractivity contribution >= 4 is 5.97 Å². The molecule has 1 N–H and O–H groups in total.